The number of nitrogens with two attached hydrogens (primary N) is 1. The summed E-state index contributed by atoms with van der Waals surface area (Å²) in [5, 5.41) is 11.1. The Morgan fingerprint density at radius 1 is 1.53 bits per heavy atom. The van der Waals surface area contributed by atoms with Crippen LogP contribution < -0.4 is 11.1 Å². The molecule has 88 valence electrons. The summed E-state index contributed by atoms with van der Waals surface area (Å²) in [6.07, 6.45) is -0.115. The van der Waals surface area contributed by atoms with Gasteiger partial charge in [0.05, 0.1) is 18.6 Å². The monoisotopic (exact) mass is 218 g/mol. The minimum atomic E-state index is -0.962. The van der Waals surface area contributed by atoms with E-state index in [0.717, 1.165) is 0 Å². The van der Waals surface area contributed by atoms with E-state index in [1.54, 1.807) is 6.92 Å². The Balaban J connectivity index is 3.89. The maximum atomic E-state index is 11.2. The van der Waals surface area contributed by atoms with Crippen LogP contribution in [0.1, 0.15) is 19.8 Å². The van der Waals surface area contributed by atoms with Crippen molar-refractivity contribution in [3.63, 3.8) is 0 Å². The third-order valence-electron chi connectivity index (χ3n) is 2.02. The Hall–Kier alpha value is -1.14. The van der Waals surface area contributed by atoms with Crippen LogP contribution in [0, 0.1) is 0 Å². The molecular formula is C9H18N2O4. The number of carboxylic acid groups (broad SMARTS) is 1. The van der Waals surface area contributed by atoms with Gasteiger partial charge in [0.25, 0.3) is 0 Å². The molecule has 0 heterocycles. The normalized spacial score (nSPS) is 14.3. The SMILES string of the molecule is CC[C@H](N)C(=O)NCC(CC(=O)O)OC. The largest absolute Gasteiger partial charge is 0.481 e. The van der Waals surface area contributed by atoms with Crippen molar-refractivity contribution in [2.45, 2.75) is 31.9 Å². The fraction of sp³-hybridized carbons (Fsp3) is 0.778. The molecule has 0 spiro atoms. The van der Waals surface area contributed by atoms with Crippen molar-refractivity contribution in [1.82, 2.24) is 5.32 Å². The third kappa shape index (κ3) is 6.03. The minimum Gasteiger partial charge on any atom is -0.481 e. The zero-order valence-electron chi connectivity index (χ0n) is 9.03. The standard InChI is InChI=1S/C9H18N2O4/c1-3-7(10)9(14)11-5-6(15-2)4-8(12)13/h6-7H,3-5,10H2,1-2H3,(H,11,14)(H,12,13)/t6?,7-/m0/s1. The molecule has 0 aromatic heterocycles. The summed E-state index contributed by atoms with van der Waals surface area (Å²) in [5.74, 6) is -1.25. The van der Waals surface area contributed by atoms with E-state index < -0.39 is 18.1 Å². The molecule has 1 amide bonds. The Morgan fingerprint density at radius 2 is 2.13 bits per heavy atom. The van der Waals surface area contributed by atoms with Crippen LogP contribution >= 0.6 is 0 Å². The van der Waals surface area contributed by atoms with Crippen molar-refractivity contribution in [2.75, 3.05) is 13.7 Å². The van der Waals surface area contributed by atoms with E-state index in [1.807, 2.05) is 0 Å². The Bertz CT molecular complexity index is 220. The first-order valence-corrected chi connectivity index (χ1v) is 4.79. The van der Waals surface area contributed by atoms with Gasteiger partial charge in [0, 0.05) is 13.7 Å². The number of carbonyl (C=O) groups is 2. The van der Waals surface area contributed by atoms with Crippen LogP contribution in [0.25, 0.3) is 0 Å². The Morgan fingerprint density at radius 3 is 2.53 bits per heavy atom. The van der Waals surface area contributed by atoms with Crippen LogP contribution in [0.2, 0.25) is 0 Å². The summed E-state index contributed by atoms with van der Waals surface area (Å²) >= 11 is 0. The molecular weight excluding hydrogens is 200 g/mol. The number of carbonyl (C=O) groups excluding carboxylic acids is 1. The molecule has 15 heavy (non-hydrogen) atoms. The van der Waals surface area contributed by atoms with Crippen molar-refractivity contribution in [2.24, 2.45) is 5.73 Å². The van der Waals surface area contributed by atoms with Crippen LogP contribution in [-0.2, 0) is 14.3 Å². The van der Waals surface area contributed by atoms with Gasteiger partial charge in [-0.15, -0.1) is 0 Å². The number of ether oxygens (including phenoxy) is 1. The molecule has 1 unspecified atom stereocenters. The summed E-state index contributed by atoms with van der Waals surface area (Å²) in [6, 6.07) is -0.549. The third-order valence-corrected chi connectivity index (χ3v) is 2.02. The molecule has 0 fully saturated rings. The molecule has 6 heteroatoms. The highest BCUT2D eigenvalue weighted by molar-refractivity contribution is 5.81. The van der Waals surface area contributed by atoms with Gasteiger partial charge < -0.3 is 20.9 Å². The van der Waals surface area contributed by atoms with Gasteiger partial charge in [-0.25, -0.2) is 0 Å². The van der Waals surface area contributed by atoms with Gasteiger partial charge in [-0.3, -0.25) is 9.59 Å². The van der Waals surface area contributed by atoms with Crippen LogP contribution in [0.5, 0.6) is 0 Å². The molecule has 0 radical (unpaired) electrons. The molecule has 0 aromatic carbocycles. The highest BCUT2D eigenvalue weighted by atomic mass is 16.5. The predicted molar refractivity (Wildman–Crippen MR) is 54.3 cm³/mol. The number of hydrogen-bond donors (Lipinski definition) is 3. The number of carboxylic acids is 1. The first kappa shape index (κ1) is 13.9. The summed E-state index contributed by atoms with van der Waals surface area (Å²) in [7, 11) is 1.40. The van der Waals surface area contributed by atoms with Gasteiger partial charge in [-0.1, -0.05) is 6.92 Å². The first-order valence-electron chi connectivity index (χ1n) is 4.79. The van der Waals surface area contributed by atoms with Crippen molar-refractivity contribution in [3.8, 4) is 0 Å². The molecule has 0 saturated heterocycles. The second kappa shape index (κ2) is 7.19. The first-order chi connectivity index (χ1) is 7.01. The lowest BCUT2D eigenvalue weighted by Crippen LogP contribution is -2.43. The van der Waals surface area contributed by atoms with Gasteiger partial charge >= 0.3 is 5.97 Å². The maximum absolute atomic E-state index is 11.2. The molecule has 0 rings (SSSR count). The average molecular weight is 218 g/mol. The Kier molecular flexibility index (Phi) is 6.64. The minimum absolute atomic E-state index is 0.141. The average Bonchev–Trinajstić information content (AvgIpc) is 2.21. The van der Waals surface area contributed by atoms with E-state index in [4.69, 9.17) is 15.6 Å². The molecule has 6 nitrogen and oxygen atoms in total. The Labute approximate surface area is 88.8 Å². The fourth-order valence-corrected chi connectivity index (χ4v) is 0.965. The van der Waals surface area contributed by atoms with Crippen molar-refractivity contribution in [1.29, 1.82) is 0 Å². The van der Waals surface area contributed by atoms with Gasteiger partial charge in [0.1, 0.15) is 0 Å². The number of hydrogen-bond acceptors (Lipinski definition) is 4. The quantitative estimate of drug-likeness (QED) is 0.526. The lowest BCUT2D eigenvalue weighted by molar-refractivity contribution is -0.140. The molecule has 4 N–H and O–H groups in total. The second-order valence-electron chi connectivity index (χ2n) is 3.22. The van der Waals surface area contributed by atoms with Crippen LogP contribution in [0.15, 0.2) is 0 Å². The molecule has 0 aliphatic heterocycles. The summed E-state index contributed by atoms with van der Waals surface area (Å²) < 4.78 is 4.89. The van der Waals surface area contributed by atoms with Crippen LogP contribution in [0.4, 0.5) is 0 Å². The summed E-state index contributed by atoms with van der Waals surface area (Å²) in [6.45, 7) is 1.96. The maximum Gasteiger partial charge on any atom is 0.306 e. The van der Waals surface area contributed by atoms with E-state index in [2.05, 4.69) is 5.32 Å². The number of methoxy groups -OCH3 is 1. The summed E-state index contributed by atoms with van der Waals surface area (Å²) in [4.78, 5) is 21.6. The van der Waals surface area contributed by atoms with E-state index in [-0.39, 0.29) is 18.9 Å². The van der Waals surface area contributed by atoms with Crippen molar-refractivity contribution < 1.29 is 19.4 Å². The van der Waals surface area contributed by atoms with Gasteiger partial charge in [-0.05, 0) is 6.42 Å². The molecule has 0 aromatic rings. The molecule has 2 atom stereocenters. The molecule has 0 saturated carbocycles. The van der Waals surface area contributed by atoms with Gasteiger partial charge in [0.2, 0.25) is 5.91 Å². The lowest BCUT2D eigenvalue weighted by atomic mass is 10.2. The number of rotatable bonds is 7. The highest BCUT2D eigenvalue weighted by Gasteiger charge is 2.15. The fourth-order valence-electron chi connectivity index (χ4n) is 0.965. The van der Waals surface area contributed by atoms with Gasteiger partial charge in [0.15, 0.2) is 0 Å². The second-order valence-corrected chi connectivity index (χ2v) is 3.22. The topological polar surface area (TPSA) is 102 Å². The zero-order valence-corrected chi connectivity index (χ0v) is 9.03. The predicted octanol–water partition coefficient (Wildman–Crippen LogP) is -0.670. The highest BCUT2D eigenvalue weighted by Crippen LogP contribution is 1.96. The molecule has 0 bridgehead atoms. The van der Waals surface area contributed by atoms with E-state index >= 15 is 0 Å². The molecule has 0 aliphatic carbocycles. The van der Waals surface area contributed by atoms with E-state index in [0.29, 0.717) is 6.42 Å². The van der Waals surface area contributed by atoms with Crippen molar-refractivity contribution in [3.05, 3.63) is 0 Å². The number of nitrogens with one attached hydrogen (secondary N) is 1. The van der Waals surface area contributed by atoms with Gasteiger partial charge in [-0.2, -0.15) is 0 Å². The van der Waals surface area contributed by atoms with Crippen molar-refractivity contribution >= 4 is 11.9 Å². The van der Waals surface area contributed by atoms with E-state index in [1.165, 1.54) is 7.11 Å². The molecule has 0 aliphatic rings. The lowest BCUT2D eigenvalue weighted by Gasteiger charge is -2.15. The zero-order chi connectivity index (χ0) is 11.8. The smallest absolute Gasteiger partial charge is 0.306 e. The number of amides is 1. The van der Waals surface area contributed by atoms with Crippen LogP contribution in [0.3, 0.4) is 0 Å². The van der Waals surface area contributed by atoms with E-state index in [9.17, 15) is 9.59 Å². The summed E-state index contributed by atoms with van der Waals surface area (Å²) in [5.41, 5.74) is 5.48. The number of aliphatic carboxylic acids is 1. The van der Waals surface area contributed by atoms with Crippen LogP contribution in [-0.4, -0.2) is 42.8 Å².